The number of fused-ring (bicyclic) bond motifs is 1. The Hall–Kier alpha value is -1.95. The van der Waals surface area contributed by atoms with Crippen LogP contribution in [-0.4, -0.2) is 36.9 Å². The maximum atomic E-state index is 12.7. The molecule has 4 rings (SSSR count). The molecular formula is C17H18N2O3S. The molecule has 120 valence electrons. The molecule has 2 fully saturated rings. The molecule has 1 N–H and O–H groups in total. The Kier molecular flexibility index (Phi) is 3.37. The van der Waals surface area contributed by atoms with Crippen LogP contribution in [0.5, 0.6) is 0 Å². The van der Waals surface area contributed by atoms with E-state index in [0.717, 1.165) is 29.4 Å². The first kappa shape index (κ1) is 14.6. The van der Waals surface area contributed by atoms with E-state index in [0.29, 0.717) is 17.9 Å². The van der Waals surface area contributed by atoms with Crippen LogP contribution in [0.15, 0.2) is 30.3 Å². The van der Waals surface area contributed by atoms with Gasteiger partial charge in [0.15, 0.2) is 9.84 Å². The first-order valence-electron chi connectivity index (χ1n) is 7.93. The van der Waals surface area contributed by atoms with Gasteiger partial charge in [0.2, 0.25) is 0 Å². The number of carbonyl (C=O) groups excluding carboxylic acids is 1. The van der Waals surface area contributed by atoms with Gasteiger partial charge in [0.1, 0.15) is 0 Å². The fourth-order valence-electron chi connectivity index (χ4n) is 3.14. The Morgan fingerprint density at radius 2 is 1.96 bits per heavy atom. The number of pyridine rings is 1. The molecule has 1 aromatic heterocycles. The van der Waals surface area contributed by atoms with Crippen molar-refractivity contribution in [2.45, 2.75) is 31.2 Å². The maximum absolute atomic E-state index is 12.7. The molecule has 5 nitrogen and oxygen atoms in total. The summed E-state index contributed by atoms with van der Waals surface area (Å²) in [6.07, 6.45) is 2.73. The third-order valence-electron chi connectivity index (χ3n) is 4.54. The third kappa shape index (κ3) is 2.95. The molecule has 0 radical (unpaired) electrons. The van der Waals surface area contributed by atoms with Crippen LogP contribution in [0.3, 0.4) is 0 Å². The average molecular weight is 330 g/mol. The van der Waals surface area contributed by atoms with Gasteiger partial charge < -0.3 is 5.32 Å². The van der Waals surface area contributed by atoms with Gasteiger partial charge in [-0.3, -0.25) is 9.78 Å². The Labute approximate surface area is 135 Å². The van der Waals surface area contributed by atoms with E-state index < -0.39 is 9.84 Å². The lowest BCUT2D eigenvalue weighted by Crippen LogP contribution is -2.35. The number of nitrogens with zero attached hydrogens (tertiary/aromatic N) is 1. The van der Waals surface area contributed by atoms with Crippen LogP contribution in [0.1, 0.15) is 41.2 Å². The maximum Gasteiger partial charge on any atom is 0.252 e. The second-order valence-corrected chi connectivity index (χ2v) is 8.69. The molecule has 1 atom stereocenters. The van der Waals surface area contributed by atoms with Crippen LogP contribution in [-0.2, 0) is 9.84 Å². The first-order chi connectivity index (χ1) is 11.0. The van der Waals surface area contributed by atoms with E-state index in [4.69, 9.17) is 0 Å². The van der Waals surface area contributed by atoms with Crippen LogP contribution >= 0.6 is 0 Å². The minimum absolute atomic E-state index is 0.0389. The number of rotatable bonds is 3. The van der Waals surface area contributed by atoms with E-state index in [1.165, 1.54) is 0 Å². The quantitative estimate of drug-likeness (QED) is 0.934. The summed E-state index contributed by atoms with van der Waals surface area (Å²) in [4.78, 5) is 17.3. The number of nitrogens with one attached hydrogen (secondary N) is 1. The molecule has 1 unspecified atom stereocenters. The molecule has 1 aromatic carbocycles. The molecular weight excluding hydrogens is 312 g/mol. The number of hydrogen-bond donors (Lipinski definition) is 1. The van der Waals surface area contributed by atoms with Gasteiger partial charge in [-0.1, -0.05) is 18.2 Å². The molecule has 2 heterocycles. The molecule has 2 aliphatic rings. The van der Waals surface area contributed by atoms with Gasteiger partial charge in [0.05, 0.1) is 22.6 Å². The molecule has 1 saturated carbocycles. The largest absolute Gasteiger partial charge is 0.348 e. The fourth-order valence-corrected chi connectivity index (χ4v) is 4.82. The smallest absolute Gasteiger partial charge is 0.252 e. The molecule has 1 aliphatic carbocycles. The molecule has 23 heavy (non-hydrogen) atoms. The van der Waals surface area contributed by atoms with Crippen molar-refractivity contribution in [2.75, 3.05) is 11.5 Å². The first-order valence-corrected chi connectivity index (χ1v) is 9.75. The van der Waals surface area contributed by atoms with E-state index in [1.807, 2.05) is 30.3 Å². The predicted molar refractivity (Wildman–Crippen MR) is 88.2 cm³/mol. The second kappa shape index (κ2) is 5.30. The molecule has 0 spiro atoms. The van der Waals surface area contributed by atoms with Crippen LogP contribution in [0.2, 0.25) is 0 Å². The zero-order chi connectivity index (χ0) is 16.0. The molecule has 1 amide bonds. The predicted octanol–water partition coefficient (Wildman–Crippen LogP) is 2.03. The Balaban J connectivity index is 1.68. The van der Waals surface area contributed by atoms with Crippen LogP contribution in [0, 0.1) is 0 Å². The Morgan fingerprint density at radius 1 is 1.17 bits per heavy atom. The van der Waals surface area contributed by atoms with E-state index in [2.05, 4.69) is 10.3 Å². The number of carbonyl (C=O) groups is 1. The topological polar surface area (TPSA) is 76.1 Å². The SMILES string of the molecule is O=C(NC1CCS(=O)(=O)C1)c1cc(C2CC2)nc2ccccc12. The number of para-hydroxylation sites is 1. The highest BCUT2D eigenvalue weighted by Crippen LogP contribution is 2.40. The number of amides is 1. The third-order valence-corrected chi connectivity index (χ3v) is 6.31. The van der Waals surface area contributed by atoms with E-state index in [-0.39, 0.29) is 23.5 Å². The summed E-state index contributed by atoms with van der Waals surface area (Å²) in [6, 6.07) is 9.19. The minimum Gasteiger partial charge on any atom is -0.348 e. The second-order valence-electron chi connectivity index (χ2n) is 6.46. The highest BCUT2D eigenvalue weighted by Gasteiger charge is 2.30. The lowest BCUT2D eigenvalue weighted by molar-refractivity contribution is 0.0942. The van der Waals surface area contributed by atoms with Crippen molar-refractivity contribution in [3.8, 4) is 0 Å². The summed E-state index contributed by atoms with van der Waals surface area (Å²) in [5, 5.41) is 3.70. The van der Waals surface area contributed by atoms with Crippen molar-refractivity contribution in [3.63, 3.8) is 0 Å². The van der Waals surface area contributed by atoms with E-state index in [9.17, 15) is 13.2 Å². The summed E-state index contributed by atoms with van der Waals surface area (Å²) in [6.45, 7) is 0. The van der Waals surface area contributed by atoms with Gasteiger partial charge in [0.25, 0.3) is 5.91 Å². The highest BCUT2D eigenvalue weighted by molar-refractivity contribution is 7.91. The number of aromatic nitrogens is 1. The lowest BCUT2D eigenvalue weighted by Gasteiger charge is -2.13. The van der Waals surface area contributed by atoms with E-state index >= 15 is 0 Å². The summed E-state index contributed by atoms with van der Waals surface area (Å²) < 4.78 is 23.1. The zero-order valence-electron chi connectivity index (χ0n) is 12.7. The van der Waals surface area contributed by atoms with Crippen molar-refractivity contribution in [3.05, 3.63) is 41.6 Å². The monoisotopic (exact) mass is 330 g/mol. The van der Waals surface area contributed by atoms with E-state index in [1.54, 1.807) is 0 Å². The van der Waals surface area contributed by atoms with Gasteiger partial charge in [-0.15, -0.1) is 0 Å². The molecule has 0 bridgehead atoms. The number of benzene rings is 1. The standard InChI is InChI=1S/C17H18N2O3S/c20-17(18-12-7-8-23(21,22)10-12)14-9-16(11-5-6-11)19-15-4-2-1-3-13(14)15/h1-4,9,11-12H,5-8,10H2,(H,18,20). The normalized spacial score (nSPS) is 23.0. The van der Waals surface area contributed by atoms with Crippen LogP contribution in [0.4, 0.5) is 0 Å². The van der Waals surface area contributed by atoms with Crippen molar-refractivity contribution >= 4 is 26.6 Å². The molecule has 6 heteroatoms. The lowest BCUT2D eigenvalue weighted by atomic mass is 10.0. The number of sulfone groups is 1. The van der Waals surface area contributed by atoms with Crippen molar-refractivity contribution in [2.24, 2.45) is 0 Å². The minimum atomic E-state index is -3.00. The van der Waals surface area contributed by atoms with Gasteiger partial charge in [-0.05, 0) is 31.4 Å². The average Bonchev–Trinajstić information content (AvgIpc) is 3.31. The van der Waals surface area contributed by atoms with Gasteiger partial charge in [-0.2, -0.15) is 0 Å². The molecule has 2 aromatic rings. The Bertz CT molecular complexity index is 888. The Morgan fingerprint density at radius 3 is 2.65 bits per heavy atom. The van der Waals surface area contributed by atoms with Crippen LogP contribution in [0.25, 0.3) is 10.9 Å². The van der Waals surface area contributed by atoms with Crippen molar-refractivity contribution in [1.82, 2.24) is 10.3 Å². The summed E-state index contributed by atoms with van der Waals surface area (Å²) in [7, 11) is -3.00. The summed E-state index contributed by atoms with van der Waals surface area (Å²) in [5.41, 5.74) is 2.38. The molecule has 1 aliphatic heterocycles. The number of hydrogen-bond acceptors (Lipinski definition) is 4. The van der Waals surface area contributed by atoms with Crippen molar-refractivity contribution in [1.29, 1.82) is 0 Å². The summed E-state index contributed by atoms with van der Waals surface area (Å²) in [5.74, 6) is 0.449. The van der Waals surface area contributed by atoms with Gasteiger partial charge >= 0.3 is 0 Å². The van der Waals surface area contributed by atoms with Gasteiger partial charge in [0, 0.05) is 23.0 Å². The summed E-state index contributed by atoms with van der Waals surface area (Å²) >= 11 is 0. The zero-order valence-corrected chi connectivity index (χ0v) is 13.5. The highest BCUT2D eigenvalue weighted by atomic mass is 32.2. The fraction of sp³-hybridized carbons (Fsp3) is 0.412. The van der Waals surface area contributed by atoms with Crippen LogP contribution < -0.4 is 5.32 Å². The molecule has 1 saturated heterocycles. The van der Waals surface area contributed by atoms with Gasteiger partial charge in [-0.25, -0.2) is 8.42 Å². The van der Waals surface area contributed by atoms with Crippen molar-refractivity contribution < 1.29 is 13.2 Å².